The number of hydrogen-bond acceptors (Lipinski definition) is 1. The van der Waals surface area contributed by atoms with Gasteiger partial charge in [-0.05, 0) is 62.1 Å². The third-order valence-corrected chi connectivity index (χ3v) is 3.81. The van der Waals surface area contributed by atoms with Crippen LogP contribution < -0.4 is 4.90 Å². The van der Waals surface area contributed by atoms with Gasteiger partial charge in [-0.1, -0.05) is 24.3 Å². The average molecular weight is 239 g/mol. The topological polar surface area (TPSA) is 3.24 Å². The number of aryl methyl sites for hydroxylation is 2. The van der Waals surface area contributed by atoms with Gasteiger partial charge in [0.15, 0.2) is 0 Å². The second-order valence-electron chi connectivity index (χ2n) is 5.00. The molecule has 0 aliphatic rings. The first-order valence-electron chi connectivity index (χ1n) is 6.38. The minimum Gasteiger partial charge on any atom is -0.344 e. The Balaban J connectivity index is 2.58. The van der Waals surface area contributed by atoms with Crippen molar-refractivity contribution in [1.29, 1.82) is 0 Å². The first-order chi connectivity index (χ1) is 8.52. The highest BCUT2D eigenvalue weighted by atomic mass is 15.1. The van der Waals surface area contributed by atoms with E-state index in [4.69, 9.17) is 0 Å². The monoisotopic (exact) mass is 239 g/mol. The Labute approximate surface area is 110 Å². The summed E-state index contributed by atoms with van der Waals surface area (Å²) in [6, 6.07) is 12.8. The molecular weight excluding hydrogens is 218 g/mol. The summed E-state index contributed by atoms with van der Waals surface area (Å²) in [5, 5.41) is 0. The van der Waals surface area contributed by atoms with Crippen LogP contribution in [0, 0.1) is 27.7 Å². The summed E-state index contributed by atoms with van der Waals surface area (Å²) in [7, 11) is 2.14. The summed E-state index contributed by atoms with van der Waals surface area (Å²) in [5.74, 6) is 0. The summed E-state index contributed by atoms with van der Waals surface area (Å²) < 4.78 is 0. The fraction of sp³-hybridized carbons (Fsp3) is 0.294. The minimum atomic E-state index is 1.23. The standard InChI is InChI=1S/C17H21N/c1-12-11-13(2)15(4)17(14(12)3)18(5)16-9-7-6-8-10-16/h6-11H,1-5H3. The van der Waals surface area contributed by atoms with Gasteiger partial charge in [-0.2, -0.15) is 0 Å². The van der Waals surface area contributed by atoms with E-state index in [1.54, 1.807) is 0 Å². The van der Waals surface area contributed by atoms with Gasteiger partial charge in [0, 0.05) is 18.4 Å². The highest BCUT2D eigenvalue weighted by Crippen LogP contribution is 2.33. The molecular formula is C17H21N. The lowest BCUT2D eigenvalue weighted by Crippen LogP contribution is -2.13. The van der Waals surface area contributed by atoms with Crippen molar-refractivity contribution in [3.05, 3.63) is 58.7 Å². The van der Waals surface area contributed by atoms with E-state index in [-0.39, 0.29) is 0 Å². The summed E-state index contributed by atoms with van der Waals surface area (Å²) in [4.78, 5) is 2.28. The third-order valence-electron chi connectivity index (χ3n) is 3.81. The van der Waals surface area contributed by atoms with Crippen molar-refractivity contribution in [3.63, 3.8) is 0 Å². The maximum Gasteiger partial charge on any atom is 0.0472 e. The van der Waals surface area contributed by atoms with Gasteiger partial charge in [0.1, 0.15) is 0 Å². The molecule has 2 aromatic rings. The molecule has 1 heteroatoms. The predicted molar refractivity (Wildman–Crippen MR) is 79.9 cm³/mol. The predicted octanol–water partition coefficient (Wildman–Crippen LogP) is 4.69. The Kier molecular flexibility index (Phi) is 3.42. The lowest BCUT2D eigenvalue weighted by atomic mass is 9.97. The largest absolute Gasteiger partial charge is 0.344 e. The minimum absolute atomic E-state index is 1.23. The lowest BCUT2D eigenvalue weighted by Gasteiger charge is -2.26. The molecule has 2 rings (SSSR count). The molecule has 0 aliphatic carbocycles. The number of benzene rings is 2. The maximum absolute atomic E-state index is 2.28. The van der Waals surface area contributed by atoms with Gasteiger partial charge in [0.2, 0.25) is 0 Å². The molecule has 0 saturated heterocycles. The second-order valence-corrected chi connectivity index (χ2v) is 5.00. The molecule has 0 unspecified atom stereocenters. The van der Waals surface area contributed by atoms with Crippen LogP contribution in [0.2, 0.25) is 0 Å². The normalized spacial score (nSPS) is 10.5. The number of hydrogen-bond donors (Lipinski definition) is 0. The molecule has 0 N–H and O–H groups in total. The van der Waals surface area contributed by atoms with Crippen LogP contribution in [0.4, 0.5) is 11.4 Å². The Bertz CT molecular complexity index is 529. The van der Waals surface area contributed by atoms with Gasteiger partial charge in [0.05, 0.1) is 0 Å². The van der Waals surface area contributed by atoms with E-state index in [9.17, 15) is 0 Å². The van der Waals surface area contributed by atoms with Crippen molar-refractivity contribution in [3.8, 4) is 0 Å². The van der Waals surface area contributed by atoms with Crippen molar-refractivity contribution in [2.45, 2.75) is 27.7 Å². The third kappa shape index (κ3) is 2.13. The maximum atomic E-state index is 2.28. The molecule has 0 aromatic heterocycles. The quantitative estimate of drug-likeness (QED) is 0.735. The first-order valence-corrected chi connectivity index (χ1v) is 6.38. The molecule has 0 spiro atoms. The highest BCUT2D eigenvalue weighted by molar-refractivity contribution is 5.71. The van der Waals surface area contributed by atoms with E-state index in [1.165, 1.54) is 33.6 Å². The van der Waals surface area contributed by atoms with Gasteiger partial charge in [0.25, 0.3) is 0 Å². The van der Waals surface area contributed by atoms with Crippen molar-refractivity contribution < 1.29 is 0 Å². The van der Waals surface area contributed by atoms with Crippen LogP contribution in [0.5, 0.6) is 0 Å². The number of nitrogens with zero attached hydrogens (tertiary/aromatic N) is 1. The van der Waals surface area contributed by atoms with Crippen LogP contribution in [-0.4, -0.2) is 7.05 Å². The molecule has 0 radical (unpaired) electrons. The van der Waals surface area contributed by atoms with Gasteiger partial charge >= 0.3 is 0 Å². The Morgan fingerprint density at radius 3 is 1.78 bits per heavy atom. The molecule has 18 heavy (non-hydrogen) atoms. The number of rotatable bonds is 2. The number of para-hydroxylation sites is 1. The van der Waals surface area contributed by atoms with Crippen molar-refractivity contribution in [2.24, 2.45) is 0 Å². The van der Waals surface area contributed by atoms with Crippen LogP contribution in [0.15, 0.2) is 36.4 Å². The molecule has 0 aliphatic heterocycles. The van der Waals surface area contributed by atoms with Crippen LogP contribution in [0.25, 0.3) is 0 Å². The summed E-state index contributed by atoms with van der Waals surface area (Å²) in [5.41, 5.74) is 8.01. The van der Waals surface area contributed by atoms with Gasteiger partial charge < -0.3 is 4.90 Å². The summed E-state index contributed by atoms with van der Waals surface area (Å²) in [6.07, 6.45) is 0. The number of anilines is 2. The summed E-state index contributed by atoms with van der Waals surface area (Å²) >= 11 is 0. The molecule has 0 bridgehead atoms. The lowest BCUT2D eigenvalue weighted by molar-refractivity contribution is 1.13. The van der Waals surface area contributed by atoms with Crippen LogP contribution in [0.1, 0.15) is 22.3 Å². The fourth-order valence-corrected chi connectivity index (χ4v) is 2.48. The van der Waals surface area contributed by atoms with Gasteiger partial charge in [-0.25, -0.2) is 0 Å². The summed E-state index contributed by atoms with van der Waals surface area (Å²) in [6.45, 7) is 8.78. The van der Waals surface area contributed by atoms with Crippen molar-refractivity contribution in [2.75, 3.05) is 11.9 Å². The van der Waals surface area contributed by atoms with Gasteiger partial charge in [-0.15, -0.1) is 0 Å². The molecule has 1 nitrogen and oxygen atoms in total. The Hall–Kier alpha value is -1.76. The Morgan fingerprint density at radius 1 is 0.778 bits per heavy atom. The second kappa shape index (κ2) is 4.85. The molecule has 0 heterocycles. The van der Waals surface area contributed by atoms with Crippen LogP contribution in [-0.2, 0) is 0 Å². The van der Waals surface area contributed by atoms with Gasteiger partial charge in [-0.3, -0.25) is 0 Å². The molecule has 0 atom stereocenters. The first kappa shape index (κ1) is 12.7. The van der Waals surface area contributed by atoms with E-state index in [0.717, 1.165) is 0 Å². The van der Waals surface area contributed by atoms with E-state index in [2.05, 4.69) is 76.0 Å². The zero-order chi connectivity index (χ0) is 13.3. The van der Waals surface area contributed by atoms with Crippen LogP contribution >= 0.6 is 0 Å². The molecule has 94 valence electrons. The zero-order valence-corrected chi connectivity index (χ0v) is 11.9. The molecule has 0 saturated carbocycles. The van der Waals surface area contributed by atoms with E-state index >= 15 is 0 Å². The van der Waals surface area contributed by atoms with Crippen LogP contribution in [0.3, 0.4) is 0 Å². The zero-order valence-electron chi connectivity index (χ0n) is 11.9. The average Bonchev–Trinajstić information content (AvgIpc) is 2.37. The highest BCUT2D eigenvalue weighted by Gasteiger charge is 2.13. The molecule has 0 amide bonds. The smallest absolute Gasteiger partial charge is 0.0472 e. The molecule has 0 fully saturated rings. The van der Waals surface area contributed by atoms with E-state index in [0.29, 0.717) is 0 Å². The molecule has 2 aromatic carbocycles. The fourth-order valence-electron chi connectivity index (χ4n) is 2.48. The Morgan fingerprint density at radius 2 is 1.28 bits per heavy atom. The van der Waals surface area contributed by atoms with Crippen molar-refractivity contribution in [1.82, 2.24) is 0 Å². The van der Waals surface area contributed by atoms with Crippen molar-refractivity contribution >= 4 is 11.4 Å². The van der Waals surface area contributed by atoms with E-state index in [1.807, 2.05) is 0 Å². The van der Waals surface area contributed by atoms with E-state index < -0.39 is 0 Å². The SMILES string of the molecule is Cc1cc(C)c(C)c(N(C)c2ccccc2)c1C.